The molecule has 2 atom stereocenters. The van der Waals surface area contributed by atoms with Crippen LogP contribution in [0.1, 0.15) is 130 Å². The van der Waals surface area contributed by atoms with Crippen LogP contribution < -0.4 is 0 Å². The van der Waals surface area contributed by atoms with Gasteiger partial charge in [-0.15, -0.1) is 0 Å². The number of benzene rings is 2. The van der Waals surface area contributed by atoms with Crippen LogP contribution in [-0.2, 0) is 11.2 Å². The third kappa shape index (κ3) is 6.11. The minimum Gasteiger partial charge on any atom is -0.373 e. The molecule has 34 heavy (non-hydrogen) atoms. The molecule has 2 aliphatic rings. The maximum absolute atomic E-state index is 15.5. The molecule has 0 amide bonds. The van der Waals surface area contributed by atoms with Crippen molar-refractivity contribution in [2.24, 2.45) is 5.92 Å². The van der Waals surface area contributed by atoms with Crippen molar-refractivity contribution in [2.45, 2.75) is 116 Å². The molecule has 1 saturated carbocycles. The Morgan fingerprint density at radius 1 is 0.794 bits per heavy atom. The van der Waals surface area contributed by atoms with Crippen molar-refractivity contribution in [2.75, 3.05) is 6.61 Å². The average molecular weight is 465 g/mol. The van der Waals surface area contributed by atoms with Gasteiger partial charge in [0.15, 0.2) is 0 Å². The van der Waals surface area contributed by atoms with Crippen molar-refractivity contribution in [3.63, 3.8) is 0 Å². The number of unbranched alkanes of at least 4 members (excludes halogenated alkanes) is 2. The fourth-order valence-corrected chi connectivity index (χ4v) is 6.36. The van der Waals surface area contributed by atoms with Crippen LogP contribution in [0.15, 0.2) is 36.4 Å². The van der Waals surface area contributed by atoms with Crippen molar-refractivity contribution in [1.82, 2.24) is 0 Å². The third-order valence-electron chi connectivity index (χ3n) is 8.55. The third-order valence-corrected chi connectivity index (χ3v) is 8.55. The summed E-state index contributed by atoms with van der Waals surface area (Å²) in [4.78, 5) is 0. The molecular formula is C32H45FO. The number of aryl methyl sites for hydroxylation is 1. The molecular weight excluding hydrogens is 419 g/mol. The lowest BCUT2D eigenvalue weighted by Gasteiger charge is -2.32. The van der Waals surface area contributed by atoms with E-state index in [-0.39, 0.29) is 11.9 Å². The molecule has 2 fully saturated rings. The van der Waals surface area contributed by atoms with Gasteiger partial charge in [0.1, 0.15) is 5.82 Å². The van der Waals surface area contributed by atoms with Crippen LogP contribution in [0.25, 0.3) is 0 Å². The van der Waals surface area contributed by atoms with Gasteiger partial charge in [0, 0.05) is 5.56 Å². The molecule has 0 radical (unpaired) electrons. The Morgan fingerprint density at radius 3 is 2.15 bits per heavy atom. The van der Waals surface area contributed by atoms with E-state index in [2.05, 4.69) is 44.2 Å². The minimum absolute atomic E-state index is 0.0134. The fraction of sp³-hybridized carbons (Fsp3) is 0.625. The first-order valence-electron chi connectivity index (χ1n) is 14.1. The highest BCUT2D eigenvalue weighted by atomic mass is 19.1. The Bertz CT molecular complexity index is 886. The monoisotopic (exact) mass is 464 g/mol. The zero-order chi connectivity index (χ0) is 23.9. The van der Waals surface area contributed by atoms with Crippen LogP contribution in [-0.4, -0.2) is 6.61 Å². The summed E-state index contributed by atoms with van der Waals surface area (Å²) in [5, 5.41) is 0. The van der Waals surface area contributed by atoms with Gasteiger partial charge in [-0.1, -0.05) is 75.9 Å². The van der Waals surface area contributed by atoms with E-state index >= 15 is 4.39 Å². The van der Waals surface area contributed by atoms with Crippen LogP contribution in [0.2, 0.25) is 0 Å². The maximum Gasteiger partial charge on any atom is 0.132 e. The number of hydrogen-bond acceptors (Lipinski definition) is 1. The molecule has 0 bridgehead atoms. The van der Waals surface area contributed by atoms with Crippen molar-refractivity contribution >= 4 is 0 Å². The summed E-state index contributed by atoms with van der Waals surface area (Å²) in [5.74, 6) is 1.77. The second-order valence-electron chi connectivity index (χ2n) is 11.0. The predicted octanol–water partition coefficient (Wildman–Crippen LogP) is 9.58. The summed E-state index contributed by atoms with van der Waals surface area (Å²) in [7, 11) is 0. The first-order chi connectivity index (χ1) is 16.6. The minimum atomic E-state index is -0.0680. The quantitative estimate of drug-likeness (QED) is 0.336. The molecule has 186 valence electrons. The molecule has 1 nitrogen and oxygen atoms in total. The van der Waals surface area contributed by atoms with E-state index in [1.165, 1.54) is 68.1 Å². The average Bonchev–Trinajstić information content (AvgIpc) is 2.87. The van der Waals surface area contributed by atoms with E-state index < -0.39 is 0 Å². The van der Waals surface area contributed by atoms with Gasteiger partial charge >= 0.3 is 0 Å². The Balaban J connectivity index is 1.34. The molecule has 4 rings (SSSR count). The molecule has 0 aromatic heterocycles. The van der Waals surface area contributed by atoms with Crippen molar-refractivity contribution < 1.29 is 9.13 Å². The summed E-state index contributed by atoms with van der Waals surface area (Å²) < 4.78 is 21.7. The lowest BCUT2D eigenvalue weighted by Crippen LogP contribution is -2.22. The molecule has 2 aromatic rings. The number of ether oxygens (including phenoxy) is 1. The van der Waals surface area contributed by atoms with E-state index in [0.717, 1.165) is 43.4 Å². The first kappa shape index (κ1) is 25.4. The molecule has 1 saturated heterocycles. The molecule has 1 aliphatic carbocycles. The van der Waals surface area contributed by atoms with Crippen LogP contribution in [0.4, 0.5) is 4.39 Å². The lowest BCUT2D eigenvalue weighted by molar-refractivity contribution is -0.0216. The highest BCUT2D eigenvalue weighted by molar-refractivity contribution is 5.37. The summed E-state index contributed by atoms with van der Waals surface area (Å²) in [6, 6.07) is 13.6. The summed E-state index contributed by atoms with van der Waals surface area (Å²) in [6.07, 6.45) is 14.2. The van der Waals surface area contributed by atoms with Gasteiger partial charge in [-0.05, 0) is 98.3 Å². The van der Waals surface area contributed by atoms with E-state index in [1.54, 1.807) is 0 Å². The Hall–Kier alpha value is -1.67. The van der Waals surface area contributed by atoms with Crippen LogP contribution >= 0.6 is 0 Å². The smallest absolute Gasteiger partial charge is 0.132 e. The zero-order valence-corrected chi connectivity index (χ0v) is 21.8. The summed E-state index contributed by atoms with van der Waals surface area (Å²) in [6.45, 7) is 7.26. The zero-order valence-electron chi connectivity index (χ0n) is 21.8. The number of rotatable bonds is 9. The number of hydrogen-bond donors (Lipinski definition) is 0. The van der Waals surface area contributed by atoms with Gasteiger partial charge in [-0.3, -0.25) is 0 Å². The molecule has 2 aromatic carbocycles. The summed E-state index contributed by atoms with van der Waals surface area (Å²) in [5.41, 5.74) is 5.80. The van der Waals surface area contributed by atoms with Crippen LogP contribution in [0.5, 0.6) is 0 Å². The second-order valence-corrected chi connectivity index (χ2v) is 11.0. The maximum atomic E-state index is 15.5. The Morgan fingerprint density at radius 2 is 1.50 bits per heavy atom. The highest BCUT2D eigenvalue weighted by Crippen LogP contribution is 2.43. The largest absolute Gasteiger partial charge is 0.373 e. The molecule has 2 heteroatoms. The van der Waals surface area contributed by atoms with Crippen molar-refractivity contribution in [3.8, 4) is 0 Å². The summed E-state index contributed by atoms with van der Waals surface area (Å²) >= 11 is 0. The van der Waals surface area contributed by atoms with Crippen LogP contribution in [0.3, 0.4) is 0 Å². The highest BCUT2D eigenvalue weighted by Gasteiger charge is 2.29. The Kier molecular flexibility index (Phi) is 9.23. The molecule has 2 unspecified atom stereocenters. The normalized spacial score (nSPS) is 25.4. The van der Waals surface area contributed by atoms with Crippen LogP contribution in [0, 0.1) is 18.7 Å². The van der Waals surface area contributed by atoms with E-state index in [4.69, 9.17) is 4.74 Å². The van der Waals surface area contributed by atoms with Gasteiger partial charge in [0.05, 0.1) is 12.7 Å². The van der Waals surface area contributed by atoms with Gasteiger partial charge in [-0.2, -0.15) is 0 Å². The van der Waals surface area contributed by atoms with Gasteiger partial charge in [-0.25, -0.2) is 4.39 Å². The lowest BCUT2D eigenvalue weighted by atomic mass is 9.75. The topological polar surface area (TPSA) is 9.23 Å². The SMILES string of the molecule is CCCCCC1CCC(c2ccc(C3CCC(c4ccc(CCC)cc4)CC3)c(C)c2F)OC1. The molecule has 1 aliphatic heterocycles. The standard InChI is InChI=1S/C32H45FO/c1-4-6-7-9-25-12-21-31(34-22-25)30-20-19-29(23(3)32(30)33)28-17-15-27(16-18-28)26-13-10-24(8-5-2)11-14-26/h10-11,13-14,19-20,25,27-28,31H,4-9,12,15-18,21-22H2,1-3H3. The van der Waals surface area contributed by atoms with Gasteiger partial charge in [0.2, 0.25) is 0 Å². The van der Waals surface area contributed by atoms with E-state index in [9.17, 15) is 0 Å². The fourth-order valence-electron chi connectivity index (χ4n) is 6.36. The Labute approximate surface area is 207 Å². The van der Waals surface area contributed by atoms with E-state index in [1.807, 2.05) is 13.0 Å². The molecule has 0 N–H and O–H groups in total. The van der Waals surface area contributed by atoms with Gasteiger partial charge < -0.3 is 4.74 Å². The number of halogens is 1. The predicted molar refractivity (Wildman–Crippen MR) is 141 cm³/mol. The molecule has 1 heterocycles. The molecule has 0 spiro atoms. The van der Waals surface area contributed by atoms with Gasteiger partial charge in [0.25, 0.3) is 0 Å². The van der Waals surface area contributed by atoms with E-state index in [0.29, 0.717) is 17.8 Å². The first-order valence-corrected chi connectivity index (χ1v) is 14.1. The second kappa shape index (κ2) is 12.3. The van der Waals surface area contributed by atoms with Crippen molar-refractivity contribution in [1.29, 1.82) is 0 Å². The van der Waals surface area contributed by atoms with Crippen molar-refractivity contribution in [3.05, 3.63) is 70.0 Å².